The second kappa shape index (κ2) is 10.4. The van der Waals surface area contributed by atoms with Gasteiger partial charge in [0.05, 0.1) is 13.2 Å². The minimum absolute atomic E-state index is 0.116. The number of methoxy groups -OCH3 is 1. The molecule has 3 aromatic carbocycles. The van der Waals surface area contributed by atoms with Gasteiger partial charge in [0.25, 0.3) is 0 Å². The van der Waals surface area contributed by atoms with Gasteiger partial charge >= 0.3 is 0 Å². The molecule has 0 saturated carbocycles. The van der Waals surface area contributed by atoms with Gasteiger partial charge in [-0.2, -0.15) is 0 Å². The fourth-order valence-electron chi connectivity index (χ4n) is 4.35. The Balaban J connectivity index is 1.37. The summed E-state index contributed by atoms with van der Waals surface area (Å²) in [6, 6.07) is 27.2. The summed E-state index contributed by atoms with van der Waals surface area (Å²) < 4.78 is 11.8. The van der Waals surface area contributed by atoms with E-state index in [9.17, 15) is 0 Å². The van der Waals surface area contributed by atoms with Gasteiger partial charge < -0.3 is 14.8 Å². The van der Waals surface area contributed by atoms with Crippen LogP contribution in [0.5, 0.6) is 11.5 Å². The summed E-state index contributed by atoms with van der Waals surface area (Å²) in [6.45, 7) is 1.44. The lowest BCUT2D eigenvalue weighted by atomic mass is 9.92. The van der Waals surface area contributed by atoms with Gasteiger partial charge in [0, 0.05) is 18.9 Å². The Morgan fingerprint density at radius 1 is 0.912 bits per heavy atom. The molecule has 0 spiro atoms. The molecule has 170 valence electrons. The molecule has 1 aromatic heterocycles. The normalized spacial score (nSPS) is 15.1. The van der Waals surface area contributed by atoms with Crippen molar-refractivity contribution in [2.75, 3.05) is 13.7 Å². The minimum atomic E-state index is 0.116. The lowest BCUT2D eigenvalue weighted by molar-refractivity contribution is 0.283. The maximum Gasteiger partial charge on any atom is 0.161 e. The van der Waals surface area contributed by atoms with Crippen molar-refractivity contribution in [2.45, 2.75) is 19.1 Å². The molecule has 34 heavy (non-hydrogen) atoms. The summed E-state index contributed by atoms with van der Waals surface area (Å²) in [4.78, 5) is 4.12. The molecule has 2 heterocycles. The van der Waals surface area contributed by atoms with E-state index in [0.717, 1.165) is 35.6 Å². The van der Waals surface area contributed by atoms with Crippen LogP contribution in [-0.4, -0.2) is 18.6 Å². The van der Waals surface area contributed by atoms with Crippen molar-refractivity contribution in [3.63, 3.8) is 0 Å². The summed E-state index contributed by atoms with van der Waals surface area (Å²) in [7, 11) is 1.70. The number of hydrogen-bond acceptors (Lipinski definition) is 4. The fraction of sp³-hybridized carbons (Fsp3) is 0.167. The first kappa shape index (κ1) is 21.9. The number of rotatable bonds is 7. The minimum Gasteiger partial charge on any atom is -0.493 e. The molecule has 1 aliphatic heterocycles. The van der Waals surface area contributed by atoms with Gasteiger partial charge in [0.1, 0.15) is 6.61 Å². The molecule has 1 atom stereocenters. The average Bonchev–Trinajstić information content (AvgIpc) is 2.91. The summed E-state index contributed by atoms with van der Waals surface area (Å²) in [5.41, 5.74) is 7.18. The number of pyridine rings is 1. The Morgan fingerprint density at radius 3 is 2.59 bits per heavy atom. The molecule has 0 radical (unpaired) electrons. The Kier molecular flexibility index (Phi) is 6.68. The van der Waals surface area contributed by atoms with Crippen LogP contribution in [0.15, 0.2) is 97.3 Å². The van der Waals surface area contributed by atoms with Gasteiger partial charge in [-0.3, -0.25) is 4.98 Å². The highest BCUT2D eigenvalue weighted by Gasteiger charge is 2.21. The molecule has 0 bridgehead atoms. The molecule has 4 heteroatoms. The van der Waals surface area contributed by atoms with E-state index in [2.05, 4.69) is 71.0 Å². The second-order valence-electron chi connectivity index (χ2n) is 8.38. The van der Waals surface area contributed by atoms with Crippen LogP contribution in [-0.2, 0) is 13.0 Å². The van der Waals surface area contributed by atoms with Crippen molar-refractivity contribution < 1.29 is 9.47 Å². The van der Waals surface area contributed by atoms with Crippen LogP contribution in [0.3, 0.4) is 0 Å². The van der Waals surface area contributed by atoms with Gasteiger partial charge in [0.15, 0.2) is 11.5 Å². The lowest BCUT2D eigenvalue weighted by Crippen LogP contribution is -2.28. The van der Waals surface area contributed by atoms with Crippen LogP contribution in [0.2, 0.25) is 0 Å². The van der Waals surface area contributed by atoms with Gasteiger partial charge in [-0.15, -0.1) is 0 Å². The molecular formula is C30H28N2O2. The Bertz CT molecular complexity index is 1270. The third-order valence-electron chi connectivity index (χ3n) is 6.14. The van der Waals surface area contributed by atoms with Crippen molar-refractivity contribution in [1.29, 1.82) is 0 Å². The van der Waals surface area contributed by atoms with Crippen molar-refractivity contribution >= 4 is 6.08 Å². The zero-order valence-electron chi connectivity index (χ0n) is 19.3. The van der Waals surface area contributed by atoms with E-state index in [-0.39, 0.29) is 6.04 Å². The number of aromatic nitrogens is 1. The number of hydrogen-bond donors (Lipinski definition) is 1. The molecule has 1 aliphatic rings. The predicted molar refractivity (Wildman–Crippen MR) is 137 cm³/mol. The summed E-state index contributed by atoms with van der Waals surface area (Å²) >= 11 is 0. The van der Waals surface area contributed by atoms with E-state index in [4.69, 9.17) is 9.47 Å². The average molecular weight is 449 g/mol. The highest BCUT2D eigenvalue weighted by Crippen LogP contribution is 2.36. The van der Waals surface area contributed by atoms with Crippen molar-refractivity contribution in [3.8, 4) is 22.6 Å². The molecule has 1 N–H and O–H groups in total. The summed E-state index contributed by atoms with van der Waals surface area (Å²) in [6.07, 6.45) is 9.03. The molecule has 1 unspecified atom stereocenters. The number of fused-ring (bicyclic) bond motifs is 1. The first-order valence-corrected chi connectivity index (χ1v) is 11.6. The lowest BCUT2D eigenvalue weighted by Gasteiger charge is -2.26. The van der Waals surface area contributed by atoms with Gasteiger partial charge in [-0.1, -0.05) is 60.7 Å². The van der Waals surface area contributed by atoms with Crippen LogP contribution in [0.1, 0.15) is 28.3 Å². The molecule has 4 nitrogen and oxygen atoms in total. The zero-order valence-corrected chi connectivity index (χ0v) is 19.3. The van der Waals surface area contributed by atoms with Crippen molar-refractivity contribution in [3.05, 3.63) is 120 Å². The quantitative estimate of drug-likeness (QED) is 0.364. The first-order chi connectivity index (χ1) is 16.8. The SMILES string of the molecule is COc1cc2c(cc1OCc1ccccc1)CCNC2C=Cc1cccc(-c2ccncc2)c1. The van der Waals surface area contributed by atoms with Crippen LogP contribution in [0.4, 0.5) is 0 Å². The highest BCUT2D eigenvalue weighted by molar-refractivity contribution is 5.67. The highest BCUT2D eigenvalue weighted by atomic mass is 16.5. The summed E-state index contributed by atoms with van der Waals surface area (Å²) in [5, 5.41) is 3.63. The van der Waals surface area contributed by atoms with Gasteiger partial charge in [0.2, 0.25) is 0 Å². The Labute approximate surface area is 200 Å². The predicted octanol–water partition coefficient (Wildman–Crippen LogP) is 6.24. The monoisotopic (exact) mass is 448 g/mol. The van der Waals surface area contributed by atoms with Crippen LogP contribution in [0.25, 0.3) is 17.2 Å². The van der Waals surface area contributed by atoms with Gasteiger partial charge in [-0.05, 0) is 70.1 Å². The maximum atomic E-state index is 6.13. The standard InChI is InChI=1S/C30H28N2O2/c1-33-29-20-27-26(19-30(29)34-21-23-6-3-2-4-7-23)14-17-32-28(27)11-10-22-8-5-9-25(18-22)24-12-15-31-16-13-24/h2-13,15-16,18-20,28,32H,14,17,21H2,1H3. The largest absolute Gasteiger partial charge is 0.493 e. The topological polar surface area (TPSA) is 43.4 Å². The summed E-state index contributed by atoms with van der Waals surface area (Å²) in [5.74, 6) is 1.55. The molecule has 0 amide bonds. The Hall–Kier alpha value is -3.89. The van der Waals surface area contributed by atoms with E-state index in [0.29, 0.717) is 6.61 Å². The van der Waals surface area contributed by atoms with E-state index in [1.54, 1.807) is 7.11 Å². The third-order valence-corrected chi connectivity index (χ3v) is 6.14. The number of ether oxygens (including phenoxy) is 2. The van der Waals surface area contributed by atoms with Gasteiger partial charge in [-0.25, -0.2) is 0 Å². The first-order valence-electron chi connectivity index (χ1n) is 11.6. The fourth-order valence-corrected chi connectivity index (χ4v) is 4.35. The number of benzene rings is 3. The van der Waals surface area contributed by atoms with E-state index < -0.39 is 0 Å². The smallest absolute Gasteiger partial charge is 0.161 e. The molecule has 5 rings (SSSR count). The molecule has 0 aliphatic carbocycles. The Morgan fingerprint density at radius 2 is 1.76 bits per heavy atom. The maximum absolute atomic E-state index is 6.13. The van der Waals surface area contributed by atoms with E-state index >= 15 is 0 Å². The molecule has 0 saturated heterocycles. The molecular weight excluding hydrogens is 420 g/mol. The van der Waals surface area contributed by atoms with E-state index in [1.807, 2.05) is 42.7 Å². The van der Waals surface area contributed by atoms with Crippen LogP contribution >= 0.6 is 0 Å². The van der Waals surface area contributed by atoms with Crippen molar-refractivity contribution in [1.82, 2.24) is 10.3 Å². The number of nitrogens with one attached hydrogen (secondary N) is 1. The third kappa shape index (κ3) is 5.03. The second-order valence-corrected chi connectivity index (χ2v) is 8.38. The zero-order chi connectivity index (χ0) is 23.2. The molecule has 0 fully saturated rings. The van der Waals surface area contributed by atoms with Crippen LogP contribution < -0.4 is 14.8 Å². The van der Waals surface area contributed by atoms with Crippen molar-refractivity contribution in [2.24, 2.45) is 0 Å². The van der Waals surface area contributed by atoms with Crippen LogP contribution in [0, 0.1) is 0 Å². The number of nitrogens with zero attached hydrogens (tertiary/aromatic N) is 1. The molecule has 4 aromatic rings. The van der Waals surface area contributed by atoms with E-state index in [1.165, 1.54) is 22.3 Å².